The minimum absolute atomic E-state index is 0.132. The topological polar surface area (TPSA) is 77.5 Å². The molecule has 0 spiro atoms. The van der Waals surface area contributed by atoms with Crippen LogP contribution in [0.15, 0.2) is 66.7 Å². The van der Waals surface area contributed by atoms with Crippen molar-refractivity contribution in [1.29, 1.82) is 0 Å². The highest BCUT2D eigenvalue weighted by Crippen LogP contribution is 2.49. The average molecular weight is 531 g/mol. The number of rotatable bonds is 7. The zero-order valence-corrected chi connectivity index (χ0v) is 22.2. The Bertz CT molecular complexity index is 1510. The van der Waals surface area contributed by atoms with Gasteiger partial charge < -0.3 is 9.47 Å². The lowest BCUT2D eigenvalue weighted by Gasteiger charge is -2.14. The zero-order valence-electron chi connectivity index (χ0n) is 21.3. The van der Waals surface area contributed by atoms with Crippen molar-refractivity contribution in [2.75, 3.05) is 12.4 Å². The smallest absolute Gasteiger partial charge is 0.412 e. The number of halogens is 1. The number of hydrogen-bond acceptors (Lipinski definition) is 6. The van der Waals surface area contributed by atoms with E-state index in [2.05, 4.69) is 9.69 Å². The third kappa shape index (κ3) is 4.91. The van der Waals surface area contributed by atoms with Crippen molar-refractivity contribution in [3.8, 4) is 21.6 Å². The largest absolute Gasteiger partial charge is 0.468 e. The van der Waals surface area contributed by atoms with E-state index in [1.807, 2.05) is 61.5 Å². The second kappa shape index (κ2) is 10.4. The van der Waals surface area contributed by atoms with E-state index in [9.17, 15) is 9.59 Å². The summed E-state index contributed by atoms with van der Waals surface area (Å²) in [4.78, 5) is 25.2. The SMILES string of the molecule is COC(=O)C1(c2ccc(-c3ccc(-c4snc(C)c4NC(=O)OCc4ccccc4C)c(F)c3)cc2)CC1. The van der Waals surface area contributed by atoms with Crippen LogP contribution >= 0.6 is 11.5 Å². The van der Waals surface area contributed by atoms with E-state index >= 15 is 4.39 Å². The molecule has 0 saturated heterocycles. The number of esters is 1. The van der Waals surface area contributed by atoms with Crippen LogP contribution < -0.4 is 5.32 Å². The van der Waals surface area contributed by atoms with E-state index in [4.69, 9.17) is 9.47 Å². The van der Waals surface area contributed by atoms with Crippen LogP contribution in [0, 0.1) is 19.7 Å². The lowest BCUT2D eigenvalue weighted by molar-refractivity contribution is -0.143. The Morgan fingerprint density at radius 3 is 2.39 bits per heavy atom. The summed E-state index contributed by atoms with van der Waals surface area (Å²) in [5.74, 6) is -0.649. The van der Waals surface area contributed by atoms with E-state index in [1.165, 1.54) is 13.2 Å². The van der Waals surface area contributed by atoms with Crippen molar-refractivity contribution in [2.24, 2.45) is 0 Å². The van der Waals surface area contributed by atoms with E-state index in [1.54, 1.807) is 13.0 Å². The summed E-state index contributed by atoms with van der Waals surface area (Å²) in [6.07, 6.45) is 0.911. The Hall–Kier alpha value is -4.04. The van der Waals surface area contributed by atoms with Crippen LogP contribution in [0.1, 0.15) is 35.2 Å². The number of carbonyl (C=O) groups is 2. The Kier molecular flexibility index (Phi) is 6.99. The third-order valence-electron chi connectivity index (χ3n) is 7.02. The van der Waals surface area contributed by atoms with Crippen molar-refractivity contribution >= 4 is 29.3 Å². The molecule has 38 heavy (non-hydrogen) atoms. The molecule has 1 aliphatic rings. The molecule has 0 aliphatic heterocycles. The summed E-state index contributed by atoms with van der Waals surface area (Å²) in [5.41, 5.74) is 5.19. The molecule has 0 unspecified atom stereocenters. The van der Waals surface area contributed by atoms with Gasteiger partial charge in [0, 0.05) is 5.56 Å². The third-order valence-corrected chi connectivity index (χ3v) is 7.99. The average Bonchev–Trinajstić information content (AvgIpc) is 3.67. The lowest BCUT2D eigenvalue weighted by atomic mass is 9.93. The molecule has 5 rings (SSSR count). The van der Waals surface area contributed by atoms with Gasteiger partial charge in [0.15, 0.2) is 0 Å². The minimum Gasteiger partial charge on any atom is -0.468 e. The first-order valence-electron chi connectivity index (χ1n) is 12.3. The number of anilines is 1. The van der Waals surface area contributed by atoms with Crippen LogP contribution in [0.4, 0.5) is 14.9 Å². The van der Waals surface area contributed by atoms with Gasteiger partial charge in [-0.25, -0.2) is 9.18 Å². The summed E-state index contributed by atoms with van der Waals surface area (Å²) in [6, 6.07) is 20.2. The molecule has 1 N–H and O–H groups in total. The fourth-order valence-corrected chi connectivity index (χ4v) is 5.42. The zero-order chi connectivity index (χ0) is 26.9. The van der Waals surface area contributed by atoms with Crippen LogP contribution in [0.5, 0.6) is 0 Å². The number of methoxy groups -OCH3 is 1. The minimum atomic E-state index is -0.629. The first-order chi connectivity index (χ1) is 18.3. The van der Waals surface area contributed by atoms with Crippen molar-refractivity contribution in [3.63, 3.8) is 0 Å². The number of aryl methyl sites for hydroxylation is 2. The molecule has 4 aromatic rings. The fourth-order valence-electron chi connectivity index (χ4n) is 4.55. The number of nitrogens with zero attached hydrogens (tertiary/aromatic N) is 1. The Labute approximate surface area is 224 Å². The van der Waals surface area contributed by atoms with E-state index in [-0.39, 0.29) is 12.6 Å². The first kappa shape index (κ1) is 25.6. The van der Waals surface area contributed by atoms with Gasteiger partial charge in [-0.1, -0.05) is 54.6 Å². The number of ether oxygens (including phenoxy) is 2. The highest BCUT2D eigenvalue weighted by molar-refractivity contribution is 7.10. The summed E-state index contributed by atoms with van der Waals surface area (Å²) in [7, 11) is 1.40. The standard InChI is InChI=1S/C30H27FN2O4S/c1-18-6-4-5-7-22(18)17-37-29(35)32-26-19(2)33-38-27(26)24-13-10-21(16-25(24)31)20-8-11-23(12-9-20)30(14-15-30)28(34)36-3/h4-13,16H,14-15,17H2,1-3H3,(H,32,35). The van der Waals surface area contributed by atoms with Gasteiger partial charge in [0.25, 0.3) is 0 Å². The highest BCUT2D eigenvalue weighted by Gasteiger charge is 2.52. The van der Waals surface area contributed by atoms with Gasteiger partial charge in [-0.15, -0.1) is 0 Å². The maximum absolute atomic E-state index is 15.4. The number of carbonyl (C=O) groups excluding carboxylic acids is 2. The summed E-state index contributed by atoms with van der Waals surface area (Å²) in [6.45, 7) is 3.84. The molecule has 1 saturated carbocycles. The van der Waals surface area contributed by atoms with E-state index < -0.39 is 17.3 Å². The molecule has 3 aromatic carbocycles. The monoisotopic (exact) mass is 530 g/mol. The van der Waals surface area contributed by atoms with Crippen LogP contribution in [-0.2, 0) is 26.3 Å². The van der Waals surface area contributed by atoms with Crippen molar-refractivity contribution in [3.05, 3.63) is 94.9 Å². The molecular formula is C30H27FN2O4S. The molecule has 0 radical (unpaired) electrons. The summed E-state index contributed by atoms with van der Waals surface area (Å²) in [5, 5.41) is 2.74. The maximum atomic E-state index is 15.4. The van der Waals surface area contributed by atoms with Crippen molar-refractivity contribution in [1.82, 2.24) is 4.37 Å². The van der Waals surface area contributed by atoms with Gasteiger partial charge in [-0.05, 0) is 78.2 Å². The predicted molar refractivity (Wildman–Crippen MR) is 146 cm³/mol. The second-order valence-electron chi connectivity index (χ2n) is 9.45. The van der Waals surface area contributed by atoms with Crippen LogP contribution in [-0.4, -0.2) is 23.5 Å². The Morgan fingerprint density at radius 1 is 1.03 bits per heavy atom. The number of amides is 1. The molecule has 1 fully saturated rings. The van der Waals surface area contributed by atoms with Crippen molar-refractivity contribution in [2.45, 2.75) is 38.7 Å². The molecule has 1 heterocycles. The second-order valence-corrected chi connectivity index (χ2v) is 10.2. The van der Waals surface area contributed by atoms with E-state index in [0.29, 0.717) is 27.4 Å². The van der Waals surface area contributed by atoms with Crippen LogP contribution in [0.3, 0.4) is 0 Å². The van der Waals surface area contributed by atoms with Gasteiger partial charge >= 0.3 is 12.1 Å². The number of hydrogen-bond donors (Lipinski definition) is 1. The summed E-state index contributed by atoms with van der Waals surface area (Å²) >= 11 is 1.12. The first-order valence-corrected chi connectivity index (χ1v) is 13.0. The molecule has 0 bridgehead atoms. The normalized spacial score (nSPS) is 13.6. The fraction of sp³-hybridized carbons (Fsp3) is 0.233. The van der Waals surface area contributed by atoms with Gasteiger partial charge in [-0.3, -0.25) is 10.1 Å². The molecule has 8 heteroatoms. The molecule has 1 aromatic heterocycles. The molecule has 1 amide bonds. The highest BCUT2D eigenvalue weighted by atomic mass is 32.1. The van der Waals surface area contributed by atoms with Crippen LogP contribution in [0.2, 0.25) is 0 Å². The quantitative estimate of drug-likeness (QED) is 0.256. The van der Waals surface area contributed by atoms with Gasteiger partial charge in [0.05, 0.1) is 28.8 Å². The van der Waals surface area contributed by atoms with Gasteiger partial charge in [-0.2, -0.15) is 4.37 Å². The molecule has 194 valence electrons. The van der Waals surface area contributed by atoms with Gasteiger partial charge in [0.1, 0.15) is 12.4 Å². The molecule has 0 atom stereocenters. The van der Waals surface area contributed by atoms with Gasteiger partial charge in [0.2, 0.25) is 0 Å². The maximum Gasteiger partial charge on any atom is 0.412 e. The Morgan fingerprint density at radius 2 is 1.74 bits per heavy atom. The number of nitrogens with one attached hydrogen (secondary N) is 1. The van der Waals surface area contributed by atoms with Crippen LogP contribution in [0.25, 0.3) is 21.6 Å². The Balaban J connectivity index is 1.32. The number of aromatic nitrogens is 1. The van der Waals surface area contributed by atoms with Crippen molar-refractivity contribution < 1.29 is 23.5 Å². The molecule has 6 nitrogen and oxygen atoms in total. The lowest BCUT2D eigenvalue weighted by Crippen LogP contribution is -2.21. The number of benzene rings is 3. The summed E-state index contributed by atoms with van der Waals surface area (Å²) < 4.78 is 30.1. The molecular weight excluding hydrogens is 503 g/mol. The predicted octanol–water partition coefficient (Wildman–Crippen LogP) is 7.19. The van der Waals surface area contributed by atoms with E-state index in [0.717, 1.165) is 46.6 Å². The molecule has 1 aliphatic carbocycles.